The maximum absolute atomic E-state index is 12.0. The number of carbonyl (C=O) groups excluding carboxylic acids is 1. The maximum Gasteiger partial charge on any atom is 0.407 e. The third-order valence-corrected chi connectivity index (χ3v) is 5.34. The van der Waals surface area contributed by atoms with Crippen molar-refractivity contribution >= 4 is 23.6 Å². The number of halogens is 1. The predicted octanol–water partition coefficient (Wildman–Crippen LogP) is 4.37. The van der Waals surface area contributed by atoms with E-state index in [1.165, 1.54) is 9.80 Å². The van der Waals surface area contributed by atoms with Gasteiger partial charge in [-0.2, -0.15) is 0 Å². The summed E-state index contributed by atoms with van der Waals surface area (Å²) in [5.41, 5.74) is 0.467. The fourth-order valence-electron chi connectivity index (χ4n) is 3.38. The lowest BCUT2D eigenvalue weighted by Crippen LogP contribution is -2.37. The van der Waals surface area contributed by atoms with E-state index in [9.17, 15) is 9.59 Å². The number of ether oxygens (including phenoxy) is 1. The molecule has 1 unspecified atom stereocenters. The number of amides is 2. The van der Waals surface area contributed by atoms with E-state index in [1.54, 1.807) is 32.3 Å². The molecule has 7 heteroatoms. The van der Waals surface area contributed by atoms with Gasteiger partial charge in [-0.3, -0.25) is 4.79 Å². The van der Waals surface area contributed by atoms with Crippen molar-refractivity contribution in [1.82, 2.24) is 9.80 Å². The minimum atomic E-state index is -0.813. The number of nitrogens with zero attached hydrogens (tertiary/aromatic N) is 2. The van der Waals surface area contributed by atoms with Crippen LogP contribution in [-0.2, 0) is 0 Å². The molecule has 1 aromatic carbocycles. The Bertz CT molecular complexity index is 657. The van der Waals surface area contributed by atoms with Gasteiger partial charge in [-0.05, 0) is 56.7 Å². The Morgan fingerprint density at radius 3 is 2.56 bits per heavy atom. The lowest BCUT2D eigenvalue weighted by atomic mass is 9.91. The van der Waals surface area contributed by atoms with Gasteiger partial charge >= 0.3 is 6.09 Å². The quantitative estimate of drug-likeness (QED) is 0.742. The van der Waals surface area contributed by atoms with Crippen molar-refractivity contribution in [3.05, 3.63) is 28.8 Å². The lowest BCUT2D eigenvalue weighted by Gasteiger charge is -2.30. The Morgan fingerprint density at radius 2 is 2.00 bits per heavy atom. The van der Waals surface area contributed by atoms with Crippen molar-refractivity contribution in [1.29, 1.82) is 0 Å². The fraction of sp³-hybridized carbons (Fsp3) is 0.600. The molecule has 2 rings (SSSR count). The van der Waals surface area contributed by atoms with Gasteiger partial charge in [0, 0.05) is 27.2 Å². The number of carboxylic acid groups (broad SMARTS) is 1. The van der Waals surface area contributed by atoms with E-state index >= 15 is 0 Å². The Labute approximate surface area is 166 Å². The number of piperidine rings is 1. The molecule has 0 radical (unpaired) electrons. The molecule has 0 aromatic heterocycles. The average Bonchev–Trinajstić information content (AvgIpc) is 2.61. The van der Waals surface area contributed by atoms with Crippen LogP contribution in [0.2, 0.25) is 5.02 Å². The molecule has 1 N–H and O–H groups in total. The first-order chi connectivity index (χ1) is 12.8. The molecule has 150 valence electrons. The molecule has 1 aliphatic rings. The van der Waals surface area contributed by atoms with Crippen LogP contribution in [0.1, 0.15) is 49.4 Å². The van der Waals surface area contributed by atoms with Crippen molar-refractivity contribution < 1.29 is 19.4 Å². The van der Waals surface area contributed by atoms with Crippen LogP contribution in [0.15, 0.2) is 18.2 Å². The van der Waals surface area contributed by atoms with Gasteiger partial charge in [-0.1, -0.05) is 18.0 Å². The van der Waals surface area contributed by atoms with Crippen LogP contribution in [0.25, 0.3) is 0 Å². The van der Waals surface area contributed by atoms with Crippen LogP contribution in [0.4, 0.5) is 4.79 Å². The summed E-state index contributed by atoms with van der Waals surface area (Å²) in [6, 6.07) is 5.17. The molecular weight excluding hydrogens is 368 g/mol. The molecule has 1 heterocycles. The summed E-state index contributed by atoms with van der Waals surface area (Å²) < 4.78 is 5.93. The van der Waals surface area contributed by atoms with Crippen LogP contribution in [-0.4, -0.2) is 60.2 Å². The third kappa shape index (κ3) is 6.31. The molecule has 0 bridgehead atoms. The van der Waals surface area contributed by atoms with Crippen LogP contribution in [0.5, 0.6) is 5.75 Å². The molecule has 1 saturated heterocycles. The van der Waals surface area contributed by atoms with Gasteiger partial charge in [0.25, 0.3) is 5.91 Å². The molecule has 0 spiro atoms. The van der Waals surface area contributed by atoms with E-state index < -0.39 is 6.09 Å². The van der Waals surface area contributed by atoms with Crippen molar-refractivity contribution in [3.8, 4) is 5.75 Å². The molecule has 0 aliphatic carbocycles. The van der Waals surface area contributed by atoms with Crippen molar-refractivity contribution in [2.75, 3.05) is 27.2 Å². The molecule has 27 heavy (non-hydrogen) atoms. The summed E-state index contributed by atoms with van der Waals surface area (Å²) in [6.45, 7) is 3.31. The first-order valence-corrected chi connectivity index (χ1v) is 9.81. The Balaban J connectivity index is 1.74. The third-order valence-electron chi connectivity index (χ3n) is 5.02. The average molecular weight is 397 g/mol. The first kappa shape index (κ1) is 21.4. The summed E-state index contributed by atoms with van der Waals surface area (Å²) in [6.07, 6.45) is 4.19. The van der Waals surface area contributed by atoms with Gasteiger partial charge < -0.3 is 19.6 Å². The maximum atomic E-state index is 12.0. The summed E-state index contributed by atoms with van der Waals surface area (Å²) in [5, 5.41) is 9.38. The Kier molecular flexibility index (Phi) is 7.78. The van der Waals surface area contributed by atoms with E-state index in [0.717, 1.165) is 32.1 Å². The van der Waals surface area contributed by atoms with E-state index in [4.69, 9.17) is 21.4 Å². The van der Waals surface area contributed by atoms with Crippen LogP contribution in [0, 0.1) is 5.92 Å². The molecule has 2 amide bonds. The number of likely N-dealkylation sites (tertiary alicyclic amines) is 1. The monoisotopic (exact) mass is 396 g/mol. The van der Waals surface area contributed by atoms with E-state index in [-0.39, 0.29) is 12.0 Å². The summed E-state index contributed by atoms with van der Waals surface area (Å²) in [5.74, 6) is 1.13. The Morgan fingerprint density at radius 1 is 1.33 bits per heavy atom. The SMILES string of the molecule is CC(CCCC1CCN(C(=O)O)CC1)Oc1ccc(C(=O)N(C)C)c(Cl)c1. The highest BCUT2D eigenvalue weighted by atomic mass is 35.5. The largest absolute Gasteiger partial charge is 0.491 e. The van der Waals surface area contributed by atoms with Crippen molar-refractivity contribution in [3.63, 3.8) is 0 Å². The molecule has 1 atom stereocenters. The summed E-state index contributed by atoms with van der Waals surface area (Å²) >= 11 is 6.22. The summed E-state index contributed by atoms with van der Waals surface area (Å²) in [4.78, 5) is 25.9. The van der Waals surface area contributed by atoms with E-state index in [2.05, 4.69) is 0 Å². The highest BCUT2D eigenvalue weighted by Gasteiger charge is 2.22. The smallest absolute Gasteiger partial charge is 0.407 e. The van der Waals surface area contributed by atoms with E-state index in [0.29, 0.717) is 35.3 Å². The standard InChI is InChI=1S/C20H29ClN2O4/c1-14(5-4-6-15-9-11-23(12-10-15)20(25)26)27-16-7-8-17(18(21)13-16)19(24)22(2)3/h7-8,13-15H,4-6,9-12H2,1-3H3,(H,25,26). The lowest BCUT2D eigenvalue weighted by molar-refractivity contribution is 0.0827. The fourth-order valence-corrected chi connectivity index (χ4v) is 3.63. The zero-order valence-electron chi connectivity index (χ0n) is 16.3. The second-order valence-corrected chi connectivity index (χ2v) is 7.82. The second kappa shape index (κ2) is 9.83. The van der Waals surface area contributed by atoms with Gasteiger partial charge in [0.15, 0.2) is 0 Å². The van der Waals surface area contributed by atoms with Crippen LogP contribution >= 0.6 is 11.6 Å². The minimum Gasteiger partial charge on any atom is -0.491 e. The predicted molar refractivity (Wildman–Crippen MR) is 106 cm³/mol. The van der Waals surface area contributed by atoms with Crippen molar-refractivity contribution in [2.45, 2.75) is 45.1 Å². The number of hydrogen-bond acceptors (Lipinski definition) is 3. The molecule has 6 nitrogen and oxygen atoms in total. The second-order valence-electron chi connectivity index (χ2n) is 7.41. The van der Waals surface area contributed by atoms with E-state index in [1.807, 2.05) is 6.92 Å². The number of hydrogen-bond donors (Lipinski definition) is 1. The number of benzene rings is 1. The zero-order valence-corrected chi connectivity index (χ0v) is 17.0. The van der Waals surface area contributed by atoms with Crippen molar-refractivity contribution in [2.24, 2.45) is 5.92 Å². The normalized spacial score (nSPS) is 16.1. The summed E-state index contributed by atoms with van der Waals surface area (Å²) in [7, 11) is 3.38. The molecule has 1 aliphatic heterocycles. The van der Waals surface area contributed by atoms with Gasteiger partial charge in [0.1, 0.15) is 5.75 Å². The molecule has 0 saturated carbocycles. The highest BCUT2D eigenvalue weighted by molar-refractivity contribution is 6.34. The molecule has 1 fully saturated rings. The van der Waals surface area contributed by atoms with Gasteiger partial charge in [-0.25, -0.2) is 4.79 Å². The van der Waals surface area contributed by atoms with Gasteiger partial charge in [0.05, 0.1) is 16.7 Å². The first-order valence-electron chi connectivity index (χ1n) is 9.43. The Hall–Kier alpha value is -1.95. The van der Waals surface area contributed by atoms with Gasteiger partial charge in [0.2, 0.25) is 0 Å². The minimum absolute atomic E-state index is 0.0515. The van der Waals surface area contributed by atoms with Gasteiger partial charge in [-0.15, -0.1) is 0 Å². The zero-order chi connectivity index (χ0) is 20.0. The topological polar surface area (TPSA) is 70.1 Å². The highest BCUT2D eigenvalue weighted by Crippen LogP contribution is 2.26. The van der Waals surface area contributed by atoms with Crippen LogP contribution < -0.4 is 4.74 Å². The molecular formula is C20H29ClN2O4. The van der Waals surface area contributed by atoms with Crippen LogP contribution in [0.3, 0.4) is 0 Å². The molecule has 1 aromatic rings. The number of carbonyl (C=O) groups is 2. The number of rotatable bonds is 7.